The fraction of sp³-hybridized carbons (Fsp3) is 0.211. The van der Waals surface area contributed by atoms with Crippen molar-refractivity contribution in [1.29, 1.82) is 0 Å². The number of carboxylic acid groups (broad SMARTS) is 1. The van der Waals surface area contributed by atoms with E-state index in [1.54, 1.807) is 12.1 Å². The van der Waals surface area contributed by atoms with E-state index in [2.05, 4.69) is 35.4 Å². The van der Waals surface area contributed by atoms with Gasteiger partial charge >= 0.3 is 11.9 Å². The summed E-state index contributed by atoms with van der Waals surface area (Å²) in [6.45, 7) is 0.233. The standard InChI is InChI=1S/C19H20N8O6/c20-19-26-15-14(17(30)27-19)24-11(8-23-15)7-22-10-3-1-9(2-4-10)16(29)25-12(18(31)32)5-6-13(28)33-21/h1-4,8,12,22H,5-7,21H2,(H,25,29)(H,31,32)(H3,20,23,26,27,30). The predicted octanol–water partition coefficient (Wildman–Crippen LogP) is -0.712. The summed E-state index contributed by atoms with van der Waals surface area (Å²) in [5.74, 6) is 1.97. The Morgan fingerprint density at radius 2 is 1.91 bits per heavy atom. The summed E-state index contributed by atoms with van der Waals surface area (Å²) in [7, 11) is 0. The number of nitrogen functional groups attached to an aromatic ring is 1. The topological polar surface area (TPSA) is 228 Å². The van der Waals surface area contributed by atoms with Gasteiger partial charge in [-0.1, -0.05) is 0 Å². The van der Waals surface area contributed by atoms with Crippen molar-refractivity contribution in [3.63, 3.8) is 0 Å². The number of H-pyrrole nitrogens is 1. The number of amides is 1. The average molecular weight is 456 g/mol. The first kappa shape index (κ1) is 23.1. The molecule has 14 nitrogen and oxygen atoms in total. The summed E-state index contributed by atoms with van der Waals surface area (Å²) in [6.07, 6.45) is 1.02. The molecule has 0 radical (unpaired) electrons. The Hall–Kier alpha value is -4.59. The molecule has 172 valence electrons. The molecule has 3 aromatic rings. The molecule has 2 aromatic heterocycles. The highest BCUT2D eigenvalue weighted by Gasteiger charge is 2.22. The Balaban J connectivity index is 1.61. The second-order valence-electron chi connectivity index (χ2n) is 6.81. The van der Waals surface area contributed by atoms with Crippen molar-refractivity contribution in [1.82, 2.24) is 25.3 Å². The van der Waals surface area contributed by atoms with Gasteiger partial charge in [0, 0.05) is 17.7 Å². The fourth-order valence-electron chi connectivity index (χ4n) is 2.81. The first-order valence-corrected chi connectivity index (χ1v) is 9.55. The highest BCUT2D eigenvalue weighted by atomic mass is 16.7. The minimum absolute atomic E-state index is 0.0514. The molecule has 33 heavy (non-hydrogen) atoms. The fourth-order valence-corrected chi connectivity index (χ4v) is 2.81. The van der Waals surface area contributed by atoms with Crippen molar-refractivity contribution in [2.45, 2.75) is 25.4 Å². The molecule has 0 aliphatic rings. The molecule has 1 amide bonds. The summed E-state index contributed by atoms with van der Waals surface area (Å²) in [5.41, 5.74) is 6.50. The number of nitrogens with zero attached hydrogens (tertiary/aromatic N) is 3. The number of benzene rings is 1. The normalized spacial score (nSPS) is 11.5. The van der Waals surface area contributed by atoms with Crippen molar-refractivity contribution < 1.29 is 24.3 Å². The third-order valence-corrected chi connectivity index (χ3v) is 4.48. The molecule has 14 heteroatoms. The lowest BCUT2D eigenvalue weighted by atomic mass is 10.1. The Bertz CT molecular complexity index is 1240. The van der Waals surface area contributed by atoms with Gasteiger partial charge in [-0.05, 0) is 30.7 Å². The molecular formula is C19H20N8O6. The number of hydrogen-bond donors (Lipinski definition) is 6. The van der Waals surface area contributed by atoms with Crippen LogP contribution in [0.2, 0.25) is 0 Å². The van der Waals surface area contributed by atoms with E-state index < -0.39 is 29.4 Å². The van der Waals surface area contributed by atoms with Gasteiger partial charge in [0.25, 0.3) is 11.5 Å². The predicted molar refractivity (Wildman–Crippen MR) is 115 cm³/mol. The van der Waals surface area contributed by atoms with Gasteiger partial charge in [0.2, 0.25) is 5.95 Å². The summed E-state index contributed by atoms with van der Waals surface area (Å²) >= 11 is 0. The molecule has 1 atom stereocenters. The second-order valence-corrected chi connectivity index (χ2v) is 6.81. The third kappa shape index (κ3) is 5.98. The SMILES string of the molecule is NOC(=O)CCC(NC(=O)c1ccc(NCc2cnc3nc(N)[nH]c(=O)c3n2)cc1)C(=O)O. The van der Waals surface area contributed by atoms with E-state index in [9.17, 15) is 24.3 Å². The molecule has 0 fully saturated rings. The van der Waals surface area contributed by atoms with Crippen LogP contribution in [0.5, 0.6) is 0 Å². The van der Waals surface area contributed by atoms with Crippen molar-refractivity contribution in [2.75, 3.05) is 11.1 Å². The lowest BCUT2D eigenvalue weighted by Crippen LogP contribution is -2.41. The molecule has 1 unspecified atom stereocenters. The second kappa shape index (κ2) is 10.1. The number of anilines is 2. The van der Waals surface area contributed by atoms with Gasteiger partial charge in [-0.15, -0.1) is 0 Å². The molecular weight excluding hydrogens is 436 g/mol. The van der Waals surface area contributed by atoms with Gasteiger partial charge in [0.1, 0.15) is 6.04 Å². The Kier molecular flexibility index (Phi) is 7.10. The van der Waals surface area contributed by atoms with Crippen LogP contribution in [-0.2, 0) is 21.0 Å². The zero-order chi connectivity index (χ0) is 24.0. The largest absolute Gasteiger partial charge is 0.480 e. The molecule has 0 aliphatic heterocycles. The van der Waals surface area contributed by atoms with Crippen molar-refractivity contribution in [2.24, 2.45) is 5.90 Å². The van der Waals surface area contributed by atoms with Crippen molar-refractivity contribution in [3.05, 3.63) is 52.1 Å². The van der Waals surface area contributed by atoms with E-state index >= 15 is 0 Å². The van der Waals surface area contributed by atoms with Crippen LogP contribution in [0, 0.1) is 0 Å². The van der Waals surface area contributed by atoms with E-state index in [1.807, 2.05) is 0 Å². The highest BCUT2D eigenvalue weighted by Crippen LogP contribution is 2.12. The van der Waals surface area contributed by atoms with E-state index in [4.69, 9.17) is 11.6 Å². The van der Waals surface area contributed by atoms with Crippen LogP contribution < -0.4 is 27.8 Å². The zero-order valence-corrected chi connectivity index (χ0v) is 17.1. The number of hydrogen-bond acceptors (Lipinski definition) is 11. The molecule has 0 bridgehead atoms. The number of fused-ring (bicyclic) bond motifs is 1. The van der Waals surface area contributed by atoms with Crippen LogP contribution in [0.3, 0.4) is 0 Å². The van der Waals surface area contributed by atoms with Crippen LogP contribution in [0.1, 0.15) is 28.9 Å². The third-order valence-electron chi connectivity index (χ3n) is 4.48. The quantitative estimate of drug-likeness (QED) is 0.219. The van der Waals surface area contributed by atoms with E-state index in [1.165, 1.54) is 18.3 Å². The maximum atomic E-state index is 12.3. The first-order chi connectivity index (χ1) is 15.8. The summed E-state index contributed by atoms with van der Waals surface area (Å²) in [6, 6.07) is 4.93. The molecule has 0 saturated heterocycles. The number of carbonyl (C=O) groups is 3. The number of carboxylic acids is 1. The van der Waals surface area contributed by atoms with Gasteiger partial charge in [0.15, 0.2) is 11.2 Å². The smallest absolute Gasteiger partial charge is 0.326 e. The number of aromatic nitrogens is 4. The molecule has 2 heterocycles. The maximum Gasteiger partial charge on any atom is 0.326 e. The van der Waals surface area contributed by atoms with Crippen LogP contribution in [0.25, 0.3) is 11.2 Å². The van der Waals surface area contributed by atoms with Crippen LogP contribution in [0.4, 0.5) is 11.6 Å². The van der Waals surface area contributed by atoms with Gasteiger partial charge < -0.3 is 26.3 Å². The Labute approximate surface area is 185 Å². The van der Waals surface area contributed by atoms with Crippen molar-refractivity contribution >= 4 is 40.6 Å². The molecule has 1 aromatic carbocycles. The number of nitrogens with one attached hydrogen (secondary N) is 3. The van der Waals surface area contributed by atoms with E-state index in [0.29, 0.717) is 11.4 Å². The molecule has 3 rings (SSSR count). The Morgan fingerprint density at radius 1 is 1.18 bits per heavy atom. The number of nitrogens with two attached hydrogens (primary N) is 2. The minimum atomic E-state index is -1.29. The maximum absolute atomic E-state index is 12.3. The Morgan fingerprint density at radius 3 is 2.58 bits per heavy atom. The summed E-state index contributed by atoms with van der Waals surface area (Å²) < 4.78 is 0. The molecule has 8 N–H and O–H groups in total. The van der Waals surface area contributed by atoms with Gasteiger partial charge in [-0.25, -0.2) is 14.8 Å². The number of rotatable bonds is 9. The van der Waals surface area contributed by atoms with Crippen LogP contribution >= 0.6 is 0 Å². The zero-order valence-electron chi connectivity index (χ0n) is 17.1. The monoisotopic (exact) mass is 456 g/mol. The summed E-state index contributed by atoms with van der Waals surface area (Å²) in [4.78, 5) is 65.2. The average Bonchev–Trinajstić information content (AvgIpc) is 2.80. The first-order valence-electron chi connectivity index (χ1n) is 9.55. The van der Waals surface area contributed by atoms with Gasteiger partial charge in [-0.3, -0.25) is 19.4 Å². The summed E-state index contributed by atoms with van der Waals surface area (Å²) in [5, 5.41) is 14.6. The van der Waals surface area contributed by atoms with Crippen LogP contribution in [0.15, 0.2) is 35.3 Å². The molecule has 0 saturated carbocycles. The van der Waals surface area contributed by atoms with Crippen LogP contribution in [-0.4, -0.2) is 48.9 Å². The lowest BCUT2D eigenvalue weighted by molar-refractivity contribution is -0.145. The van der Waals surface area contributed by atoms with E-state index in [0.717, 1.165) is 0 Å². The van der Waals surface area contributed by atoms with E-state index in [-0.39, 0.29) is 42.1 Å². The molecule has 0 spiro atoms. The highest BCUT2D eigenvalue weighted by molar-refractivity contribution is 5.97. The van der Waals surface area contributed by atoms with Gasteiger partial charge in [-0.2, -0.15) is 10.9 Å². The lowest BCUT2D eigenvalue weighted by Gasteiger charge is -2.14. The van der Waals surface area contributed by atoms with Gasteiger partial charge in [0.05, 0.1) is 18.4 Å². The number of carbonyl (C=O) groups excluding carboxylic acids is 2. The van der Waals surface area contributed by atoms with Crippen molar-refractivity contribution in [3.8, 4) is 0 Å². The number of aromatic amines is 1. The number of aliphatic carboxylic acids is 1. The minimum Gasteiger partial charge on any atom is -0.480 e. The molecule has 0 aliphatic carbocycles.